The van der Waals surface area contributed by atoms with E-state index in [2.05, 4.69) is 5.32 Å². The average molecular weight is 277 g/mol. The second-order valence-electron chi connectivity index (χ2n) is 4.52. The zero-order valence-electron chi connectivity index (χ0n) is 10.5. The summed E-state index contributed by atoms with van der Waals surface area (Å²) in [7, 11) is 0. The lowest BCUT2D eigenvalue weighted by Gasteiger charge is -2.40. The highest BCUT2D eigenvalue weighted by atomic mass is 16.6. The number of hydrogen-bond acceptors (Lipinski definition) is 7. The largest absolute Gasteiger partial charge is 0.394 e. The lowest BCUT2D eigenvalue weighted by Crippen LogP contribution is -2.64. The minimum absolute atomic E-state index is 0.0490. The van der Waals surface area contributed by atoms with E-state index >= 15 is 0 Å². The van der Waals surface area contributed by atoms with Crippen molar-refractivity contribution in [2.75, 3.05) is 6.61 Å². The first-order valence-corrected chi connectivity index (χ1v) is 5.96. The van der Waals surface area contributed by atoms with Crippen molar-refractivity contribution in [3.63, 3.8) is 0 Å². The minimum atomic E-state index is -1.54. The molecule has 0 radical (unpaired) electrons. The molecule has 1 rings (SSSR count). The predicted molar refractivity (Wildman–Crippen MR) is 61.8 cm³/mol. The number of hydrogen-bond donors (Lipinski definition) is 5. The number of nitrogens with one attached hydrogen (secondary N) is 1. The van der Waals surface area contributed by atoms with Crippen molar-refractivity contribution in [1.29, 1.82) is 0 Å². The van der Waals surface area contributed by atoms with Gasteiger partial charge in [-0.1, -0.05) is 0 Å². The molecule has 1 saturated heterocycles. The van der Waals surface area contributed by atoms with Gasteiger partial charge in [0.05, 0.1) is 6.61 Å². The topological polar surface area (TPSA) is 136 Å². The van der Waals surface area contributed by atoms with Gasteiger partial charge >= 0.3 is 0 Å². The molecule has 1 unspecified atom stereocenters. The van der Waals surface area contributed by atoms with Gasteiger partial charge in [0.2, 0.25) is 5.91 Å². The van der Waals surface area contributed by atoms with Gasteiger partial charge in [0.1, 0.15) is 30.1 Å². The fraction of sp³-hybridized carbons (Fsp3) is 0.818. The first-order chi connectivity index (χ1) is 8.86. The first-order valence-electron chi connectivity index (χ1n) is 5.96. The number of carbonyl (C=O) groups excluding carboxylic acids is 2. The third kappa shape index (κ3) is 4.22. The van der Waals surface area contributed by atoms with Gasteiger partial charge in [0.15, 0.2) is 6.29 Å². The molecule has 8 heteroatoms. The molecule has 0 bridgehead atoms. The fourth-order valence-corrected chi connectivity index (χ4v) is 1.80. The smallest absolute Gasteiger partial charge is 0.220 e. The minimum Gasteiger partial charge on any atom is -0.394 e. The van der Waals surface area contributed by atoms with Crippen LogP contribution < -0.4 is 5.32 Å². The summed E-state index contributed by atoms with van der Waals surface area (Å²) in [6.07, 6.45) is -5.58. The van der Waals surface area contributed by atoms with Crippen molar-refractivity contribution < 1.29 is 34.8 Å². The molecule has 8 nitrogen and oxygen atoms in total. The van der Waals surface area contributed by atoms with E-state index in [4.69, 9.17) is 9.84 Å². The van der Waals surface area contributed by atoms with Crippen molar-refractivity contribution in [2.24, 2.45) is 0 Å². The fourth-order valence-electron chi connectivity index (χ4n) is 1.80. The van der Waals surface area contributed by atoms with E-state index in [1.54, 1.807) is 0 Å². The van der Waals surface area contributed by atoms with E-state index < -0.39 is 43.2 Å². The van der Waals surface area contributed by atoms with E-state index in [1.165, 1.54) is 6.92 Å². The van der Waals surface area contributed by atoms with Crippen LogP contribution in [0.3, 0.4) is 0 Å². The lowest BCUT2D eigenvalue weighted by atomic mass is 9.97. The second kappa shape index (κ2) is 6.92. The monoisotopic (exact) mass is 277 g/mol. The van der Waals surface area contributed by atoms with Gasteiger partial charge < -0.3 is 35.3 Å². The summed E-state index contributed by atoms with van der Waals surface area (Å²) in [5, 5.41) is 40.1. The molecule has 0 spiro atoms. The number of rotatable bonds is 5. The normalized spacial score (nSPS) is 34.9. The van der Waals surface area contributed by atoms with Gasteiger partial charge in [-0.3, -0.25) is 4.79 Å². The molecule has 0 aromatic carbocycles. The summed E-state index contributed by atoms with van der Waals surface area (Å²) in [6.45, 7) is 0.774. The summed E-state index contributed by atoms with van der Waals surface area (Å²) in [4.78, 5) is 22.2. The summed E-state index contributed by atoms with van der Waals surface area (Å²) >= 11 is 0. The van der Waals surface area contributed by atoms with Crippen LogP contribution in [-0.2, 0) is 14.3 Å². The number of ketones is 1. The second-order valence-corrected chi connectivity index (χ2v) is 4.52. The van der Waals surface area contributed by atoms with Gasteiger partial charge in [-0.25, -0.2) is 0 Å². The molecule has 0 aromatic rings. The van der Waals surface area contributed by atoms with Crippen LogP contribution >= 0.6 is 0 Å². The Balaban J connectivity index is 2.57. The number of amides is 1. The first kappa shape index (κ1) is 16.0. The molecular formula is C11H19NO7. The van der Waals surface area contributed by atoms with Gasteiger partial charge in [-0.05, 0) is 6.92 Å². The lowest BCUT2D eigenvalue weighted by molar-refractivity contribution is -0.253. The SMILES string of the molecule is CC(=O)CCC(=O)N[C@@H]1C(O)O[C@H](CO)[C@@H](O)[C@@H]1O. The van der Waals surface area contributed by atoms with E-state index in [0.717, 1.165) is 0 Å². The highest BCUT2D eigenvalue weighted by Gasteiger charge is 2.44. The summed E-state index contributed by atoms with van der Waals surface area (Å²) in [6, 6.07) is -1.21. The third-order valence-electron chi connectivity index (χ3n) is 2.93. The standard InChI is InChI=1S/C11H19NO7/c1-5(14)2-3-7(15)12-8-10(17)9(16)6(4-13)19-11(8)18/h6,8-11,13,16-18H,2-4H2,1H3,(H,12,15)/t6-,8+,9-,10-,11?/m1/s1. The molecule has 1 aliphatic heterocycles. The maximum absolute atomic E-state index is 11.5. The summed E-state index contributed by atoms with van der Waals surface area (Å²) in [5.41, 5.74) is 0. The van der Waals surface area contributed by atoms with Crippen molar-refractivity contribution in [2.45, 2.75) is 50.4 Å². The van der Waals surface area contributed by atoms with Crippen LogP contribution in [0.15, 0.2) is 0 Å². The molecular weight excluding hydrogens is 258 g/mol. The van der Waals surface area contributed by atoms with E-state index in [1.807, 2.05) is 0 Å². The zero-order chi connectivity index (χ0) is 14.6. The number of aliphatic hydroxyl groups is 4. The van der Waals surface area contributed by atoms with Crippen LogP contribution in [0.2, 0.25) is 0 Å². The zero-order valence-corrected chi connectivity index (χ0v) is 10.5. The molecule has 1 fully saturated rings. The molecule has 0 aromatic heterocycles. The Kier molecular flexibility index (Phi) is 5.83. The molecule has 1 heterocycles. The number of Topliss-reactive ketones (excluding diaryl/α,β-unsaturated/α-hetero) is 1. The molecule has 110 valence electrons. The molecule has 0 saturated carbocycles. The Morgan fingerprint density at radius 2 is 1.79 bits per heavy atom. The van der Waals surface area contributed by atoms with Crippen LogP contribution in [0.5, 0.6) is 0 Å². The Morgan fingerprint density at radius 3 is 2.32 bits per heavy atom. The molecule has 0 aliphatic carbocycles. The van der Waals surface area contributed by atoms with Crippen LogP contribution in [0, 0.1) is 0 Å². The van der Waals surface area contributed by atoms with Crippen LogP contribution in [0.1, 0.15) is 19.8 Å². The van der Waals surface area contributed by atoms with Gasteiger partial charge in [0.25, 0.3) is 0 Å². The van der Waals surface area contributed by atoms with Crippen molar-refractivity contribution in [3.8, 4) is 0 Å². The third-order valence-corrected chi connectivity index (χ3v) is 2.93. The van der Waals surface area contributed by atoms with E-state index in [0.29, 0.717) is 0 Å². The Morgan fingerprint density at radius 1 is 1.16 bits per heavy atom. The maximum atomic E-state index is 11.5. The Bertz CT molecular complexity index is 335. The maximum Gasteiger partial charge on any atom is 0.220 e. The van der Waals surface area contributed by atoms with Crippen molar-refractivity contribution in [1.82, 2.24) is 5.32 Å². The number of aliphatic hydroxyl groups excluding tert-OH is 4. The Labute approximate surface area is 110 Å². The van der Waals surface area contributed by atoms with E-state index in [9.17, 15) is 24.9 Å². The van der Waals surface area contributed by atoms with Gasteiger partial charge in [-0.15, -0.1) is 0 Å². The van der Waals surface area contributed by atoms with Crippen LogP contribution in [0.4, 0.5) is 0 Å². The van der Waals surface area contributed by atoms with Crippen LogP contribution in [-0.4, -0.2) is 69.4 Å². The highest BCUT2D eigenvalue weighted by Crippen LogP contribution is 2.19. The highest BCUT2D eigenvalue weighted by molar-refractivity contribution is 5.83. The molecule has 5 N–H and O–H groups in total. The van der Waals surface area contributed by atoms with Crippen LogP contribution in [0.25, 0.3) is 0 Å². The Hall–Kier alpha value is -1.06. The quantitative estimate of drug-likeness (QED) is 0.368. The van der Waals surface area contributed by atoms with Gasteiger partial charge in [0, 0.05) is 12.8 Å². The summed E-state index contributed by atoms with van der Waals surface area (Å²) in [5.74, 6) is -0.701. The van der Waals surface area contributed by atoms with Crippen molar-refractivity contribution in [3.05, 3.63) is 0 Å². The average Bonchev–Trinajstić information content (AvgIpc) is 2.36. The summed E-state index contributed by atoms with van der Waals surface area (Å²) < 4.78 is 4.87. The number of carbonyl (C=O) groups is 2. The van der Waals surface area contributed by atoms with E-state index in [-0.39, 0.29) is 18.6 Å². The van der Waals surface area contributed by atoms with Crippen molar-refractivity contribution >= 4 is 11.7 Å². The molecule has 5 atom stereocenters. The molecule has 1 amide bonds. The number of ether oxygens (including phenoxy) is 1. The predicted octanol–water partition coefficient (Wildman–Crippen LogP) is -2.73. The van der Waals surface area contributed by atoms with Gasteiger partial charge in [-0.2, -0.15) is 0 Å². The molecule has 1 aliphatic rings. The molecule has 19 heavy (non-hydrogen) atoms.